The summed E-state index contributed by atoms with van der Waals surface area (Å²) in [6, 6.07) is 0. The molecule has 3 heteroatoms. The molecule has 0 aliphatic heterocycles. The lowest BCUT2D eigenvalue weighted by Crippen LogP contribution is -2.64. The average Bonchev–Trinajstić information content (AvgIpc) is 2.73. The third kappa shape index (κ3) is 2.93. The first-order valence-corrected chi connectivity index (χ1v) is 13.9. The standard InChI is InChI=1S/C30H48O3/c1-17-16-20(26(32)33)19-10-14-29(6)21(25(19)18(17)2)8-9-23-28(5)13-12-24(31)27(3,4)22(28)11-15-30(23,29)7/h8,17-20,22-25,31H,9-16H2,1-7H3,(H,32,33)/t17-,18+,19?,20-,22?,23?,24+,25?,28+,29-,30-/m1/s1. The normalized spacial score (nSPS) is 55.3. The van der Waals surface area contributed by atoms with Crippen molar-refractivity contribution in [3.63, 3.8) is 0 Å². The van der Waals surface area contributed by atoms with Crippen LogP contribution in [0.3, 0.4) is 0 Å². The third-order valence-corrected chi connectivity index (χ3v) is 13.2. The molecule has 5 aliphatic carbocycles. The van der Waals surface area contributed by atoms with Crippen molar-refractivity contribution in [1.29, 1.82) is 0 Å². The second-order valence-electron chi connectivity index (χ2n) is 14.4. The Hall–Kier alpha value is -0.830. The maximum atomic E-state index is 12.2. The lowest BCUT2D eigenvalue weighted by atomic mass is 9.34. The molecule has 0 aromatic heterocycles. The number of aliphatic hydroxyl groups excluding tert-OH is 1. The van der Waals surface area contributed by atoms with E-state index in [4.69, 9.17) is 0 Å². The molecule has 3 nitrogen and oxygen atoms in total. The number of aliphatic hydroxyl groups is 1. The highest BCUT2D eigenvalue weighted by Crippen LogP contribution is 2.74. The van der Waals surface area contributed by atoms with E-state index in [0.717, 1.165) is 38.5 Å². The van der Waals surface area contributed by atoms with Gasteiger partial charge in [0.2, 0.25) is 0 Å². The second-order valence-corrected chi connectivity index (χ2v) is 14.4. The van der Waals surface area contributed by atoms with Crippen LogP contribution in [-0.4, -0.2) is 22.3 Å². The number of rotatable bonds is 1. The topological polar surface area (TPSA) is 57.5 Å². The van der Waals surface area contributed by atoms with Crippen LogP contribution in [-0.2, 0) is 4.79 Å². The fourth-order valence-corrected chi connectivity index (χ4v) is 10.9. The smallest absolute Gasteiger partial charge is 0.306 e. The van der Waals surface area contributed by atoms with Crippen LogP contribution in [0.4, 0.5) is 0 Å². The second kappa shape index (κ2) is 7.34. The first-order chi connectivity index (χ1) is 15.3. The zero-order valence-corrected chi connectivity index (χ0v) is 22.2. The highest BCUT2D eigenvalue weighted by atomic mass is 16.4. The summed E-state index contributed by atoms with van der Waals surface area (Å²) < 4.78 is 0. The molecule has 11 atom stereocenters. The van der Waals surface area contributed by atoms with Gasteiger partial charge in [-0.15, -0.1) is 0 Å². The number of allylic oxidation sites excluding steroid dienone is 2. The number of hydrogen-bond donors (Lipinski definition) is 2. The van der Waals surface area contributed by atoms with Gasteiger partial charge in [-0.05, 0) is 109 Å². The molecule has 33 heavy (non-hydrogen) atoms. The Bertz CT molecular complexity index is 859. The minimum atomic E-state index is -0.566. The Balaban J connectivity index is 1.57. The Kier molecular flexibility index (Phi) is 5.31. The minimum Gasteiger partial charge on any atom is -0.481 e. The molecule has 0 radical (unpaired) electrons. The lowest BCUT2D eigenvalue weighted by Gasteiger charge is -2.70. The van der Waals surface area contributed by atoms with Crippen LogP contribution in [0, 0.1) is 63.1 Å². The summed E-state index contributed by atoms with van der Waals surface area (Å²) in [7, 11) is 0. The van der Waals surface area contributed by atoms with Crippen molar-refractivity contribution in [2.75, 3.05) is 0 Å². The quantitative estimate of drug-likeness (QED) is 0.420. The van der Waals surface area contributed by atoms with Gasteiger partial charge >= 0.3 is 5.97 Å². The summed E-state index contributed by atoms with van der Waals surface area (Å²) >= 11 is 0. The van der Waals surface area contributed by atoms with Gasteiger partial charge in [-0.25, -0.2) is 0 Å². The zero-order chi connectivity index (χ0) is 24.1. The molecule has 0 bridgehead atoms. The van der Waals surface area contributed by atoms with E-state index in [2.05, 4.69) is 54.5 Å². The summed E-state index contributed by atoms with van der Waals surface area (Å²) in [5, 5.41) is 21.0. The molecule has 4 unspecified atom stereocenters. The lowest BCUT2D eigenvalue weighted by molar-refractivity contribution is -0.202. The molecule has 0 aromatic carbocycles. The number of hydrogen-bond acceptors (Lipinski definition) is 2. The van der Waals surface area contributed by atoms with Gasteiger partial charge in [-0.3, -0.25) is 4.79 Å². The molecule has 5 rings (SSSR count). The maximum absolute atomic E-state index is 12.2. The van der Waals surface area contributed by atoms with Gasteiger partial charge in [-0.1, -0.05) is 60.1 Å². The summed E-state index contributed by atoms with van der Waals surface area (Å²) in [5.74, 6) is 2.25. The monoisotopic (exact) mass is 456 g/mol. The van der Waals surface area contributed by atoms with Crippen LogP contribution in [0.5, 0.6) is 0 Å². The summed E-state index contributed by atoms with van der Waals surface area (Å²) in [6.07, 6.45) is 11.2. The van der Waals surface area contributed by atoms with Crippen molar-refractivity contribution in [2.45, 2.75) is 106 Å². The van der Waals surface area contributed by atoms with E-state index in [0.29, 0.717) is 35.5 Å². The summed E-state index contributed by atoms with van der Waals surface area (Å²) in [6.45, 7) is 17.1. The van der Waals surface area contributed by atoms with E-state index < -0.39 is 5.97 Å². The fraction of sp³-hybridized carbons (Fsp3) is 0.900. The third-order valence-electron chi connectivity index (χ3n) is 13.2. The van der Waals surface area contributed by atoms with E-state index in [-0.39, 0.29) is 33.7 Å². The molecule has 2 N–H and O–H groups in total. The van der Waals surface area contributed by atoms with Crippen LogP contribution < -0.4 is 0 Å². The summed E-state index contributed by atoms with van der Waals surface area (Å²) in [4.78, 5) is 12.2. The van der Waals surface area contributed by atoms with E-state index in [1.165, 1.54) is 12.8 Å². The van der Waals surface area contributed by atoms with Crippen molar-refractivity contribution >= 4 is 5.97 Å². The van der Waals surface area contributed by atoms with Crippen molar-refractivity contribution < 1.29 is 15.0 Å². The SMILES string of the molecule is C[C@@H]1C[C@@H](C(=O)O)C2CC[C@]3(C)C(=CCC4[C@@]5(C)CC[C@H](O)C(C)(C)C5CC[C@]43C)C2[C@H]1C. The van der Waals surface area contributed by atoms with Crippen molar-refractivity contribution in [3.05, 3.63) is 11.6 Å². The molecule has 5 aliphatic rings. The Morgan fingerprint density at radius 2 is 1.67 bits per heavy atom. The van der Waals surface area contributed by atoms with E-state index in [1.54, 1.807) is 5.57 Å². The molecular weight excluding hydrogens is 408 g/mol. The van der Waals surface area contributed by atoms with Crippen molar-refractivity contribution in [2.24, 2.45) is 63.1 Å². The number of carboxylic acids is 1. The fourth-order valence-electron chi connectivity index (χ4n) is 10.9. The molecule has 0 amide bonds. The van der Waals surface area contributed by atoms with Gasteiger partial charge in [0.15, 0.2) is 0 Å². The molecule has 4 fully saturated rings. The molecular formula is C30H48O3. The van der Waals surface area contributed by atoms with Gasteiger partial charge in [0, 0.05) is 0 Å². The average molecular weight is 457 g/mol. The van der Waals surface area contributed by atoms with Gasteiger partial charge in [0.25, 0.3) is 0 Å². The molecule has 186 valence electrons. The highest BCUT2D eigenvalue weighted by molar-refractivity contribution is 5.71. The molecule has 4 saturated carbocycles. The van der Waals surface area contributed by atoms with Crippen LogP contribution in [0.2, 0.25) is 0 Å². The maximum Gasteiger partial charge on any atom is 0.306 e. The van der Waals surface area contributed by atoms with Crippen molar-refractivity contribution in [3.8, 4) is 0 Å². The van der Waals surface area contributed by atoms with Gasteiger partial charge < -0.3 is 10.2 Å². The van der Waals surface area contributed by atoms with Gasteiger partial charge in [-0.2, -0.15) is 0 Å². The van der Waals surface area contributed by atoms with Crippen LogP contribution >= 0.6 is 0 Å². The van der Waals surface area contributed by atoms with Crippen LogP contribution in [0.1, 0.15) is 99.8 Å². The van der Waals surface area contributed by atoms with E-state index in [1.807, 2.05) is 0 Å². The van der Waals surface area contributed by atoms with Gasteiger partial charge in [0.05, 0.1) is 12.0 Å². The first-order valence-electron chi connectivity index (χ1n) is 13.9. The number of carbonyl (C=O) groups is 1. The minimum absolute atomic E-state index is 0.0150. The Labute approximate surface area is 201 Å². The van der Waals surface area contributed by atoms with Crippen LogP contribution in [0.15, 0.2) is 11.6 Å². The Morgan fingerprint density at radius 3 is 2.33 bits per heavy atom. The van der Waals surface area contributed by atoms with Gasteiger partial charge in [0.1, 0.15) is 0 Å². The predicted molar refractivity (Wildman–Crippen MR) is 133 cm³/mol. The van der Waals surface area contributed by atoms with Crippen LogP contribution in [0.25, 0.3) is 0 Å². The van der Waals surface area contributed by atoms with E-state index >= 15 is 0 Å². The molecule has 0 heterocycles. The first kappa shape index (κ1) is 23.9. The molecule has 0 aromatic rings. The molecule has 0 spiro atoms. The zero-order valence-electron chi connectivity index (χ0n) is 22.2. The number of fused-ring (bicyclic) bond motifs is 7. The largest absolute Gasteiger partial charge is 0.481 e. The molecule has 0 saturated heterocycles. The Morgan fingerprint density at radius 1 is 0.970 bits per heavy atom. The predicted octanol–water partition coefficient (Wildman–Crippen LogP) is 6.95. The van der Waals surface area contributed by atoms with Crippen molar-refractivity contribution in [1.82, 2.24) is 0 Å². The number of aliphatic carboxylic acids is 1. The van der Waals surface area contributed by atoms with E-state index in [9.17, 15) is 15.0 Å². The highest BCUT2D eigenvalue weighted by Gasteiger charge is 2.67. The summed E-state index contributed by atoms with van der Waals surface area (Å²) in [5.41, 5.74) is 2.32. The number of carboxylic acid groups (broad SMARTS) is 1.